The molecule has 2 rings (SSSR count). The van der Waals surface area contributed by atoms with Gasteiger partial charge in [-0.05, 0) is 0 Å². The first-order chi connectivity index (χ1) is 8.69. The molecule has 0 unspecified atom stereocenters. The maximum absolute atomic E-state index is 12.0. The Morgan fingerprint density at radius 3 is 3.06 bits per heavy atom. The average molecular weight is 252 g/mol. The van der Waals surface area contributed by atoms with Crippen molar-refractivity contribution in [1.29, 1.82) is 0 Å². The van der Waals surface area contributed by atoms with Crippen molar-refractivity contribution >= 4 is 11.8 Å². The number of hydrogen-bond donors (Lipinski definition) is 2. The van der Waals surface area contributed by atoms with Crippen LogP contribution in [-0.4, -0.2) is 51.3 Å². The first-order valence-electron chi connectivity index (χ1n) is 5.82. The quantitative estimate of drug-likeness (QED) is 0.652. The fraction of sp³-hybridized carbons (Fsp3) is 0.600. The van der Waals surface area contributed by atoms with Crippen LogP contribution in [0.5, 0.6) is 0 Å². The van der Waals surface area contributed by atoms with Gasteiger partial charge >= 0.3 is 0 Å². The summed E-state index contributed by atoms with van der Waals surface area (Å²) in [6, 6.07) is 0. The van der Waals surface area contributed by atoms with Gasteiger partial charge in [-0.3, -0.25) is 9.59 Å². The molecule has 0 atom stereocenters. The van der Waals surface area contributed by atoms with Gasteiger partial charge in [-0.15, -0.1) is 5.10 Å². The van der Waals surface area contributed by atoms with E-state index in [2.05, 4.69) is 15.6 Å². The van der Waals surface area contributed by atoms with Gasteiger partial charge in [-0.2, -0.15) is 0 Å². The normalized spacial score (nSPS) is 16.3. The van der Waals surface area contributed by atoms with Crippen LogP contribution in [0.3, 0.4) is 0 Å². The smallest absolute Gasteiger partial charge is 0.244 e. The standard InChI is InChI=1S/C10H16N6O2/c11-5-8-6-16(14-13-8)7-10(18)15-3-1-9(17)12-2-4-15/h6H,1-5,7,11H2,(H,12,17). The van der Waals surface area contributed by atoms with Gasteiger partial charge in [0.05, 0.1) is 11.9 Å². The molecule has 1 fully saturated rings. The van der Waals surface area contributed by atoms with Crippen molar-refractivity contribution in [3.63, 3.8) is 0 Å². The number of hydrogen-bond acceptors (Lipinski definition) is 5. The highest BCUT2D eigenvalue weighted by Crippen LogP contribution is 2.00. The second-order valence-corrected chi connectivity index (χ2v) is 4.09. The van der Waals surface area contributed by atoms with Crippen molar-refractivity contribution < 1.29 is 9.59 Å². The zero-order valence-electron chi connectivity index (χ0n) is 10.0. The summed E-state index contributed by atoms with van der Waals surface area (Å²) in [5, 5.41) is 10.4. The van der Waals surface area contributed by atoms with Gasteiger partial charge in [0.2, 0.25) is 11.8 Å². The molecule has 1 aromatic rings. The summed E-state index contributed by atoms with van der Waals surface area (Å²) in [6.07, 6.45) is 2.00. The predicted molar refractivity (Wildman–Crippen MR) is 62.1 cm³/mol. The Bertz CT molecular complexity index is 443. The van der Waals surface area contributed by atoms with Crippen molar-refractivity contribution in [2.24, 2.45) is 5.73 Å². The average Bonchev–Trinajstić information content (AvgIpc) is 2.69. The summed E-state index contributed by atoms with van der Waals surface area (Å²) in [5.74, 6) is -0.0866. The van der Waals surface area contributed by atoms with Crippen molar-refractivity contribution in [2.45, 2.75) is 19.5 Å². The largest absolute Gasteiger partial charge is 0.354 e. The van der Waals surface area contributed by atoms with E-state index in [1.54, 1.807) is 11.1 Å². The minimum atomic E-state index is -0.0695. The predicted octanol–water partition coefficient (Wildman–Crippen LogP) is -1.91. The molecule has 0 spiro atoms. The van der Waals surface area contributed by atoms with E-state index >= 15 is 0 Å². The number of nitrogens with one attached hydrogen (secondary N) is 1. The Balaban J connectivity index is 1.92. The van der Waals surface area contributed by atoms with Crippen LogP contribution < -0.4 is 11.1 Å². The van der Waals surface area contributed by atoms with Crippen molar-refractivity contribution in [2.75, 3.05) is 19.6 Å². The molecule has 1 saturated heterocycles. The van der Waals surface area contributed by atoms with Crippen molar-refractivity contribution in [3.05, 3.63) is 11.9 Å². The van der Waals surface area contributed by atoms with Crippen LogP contribution >= 0.6 is 0 Å². The number of nitrogens with two attached hydrogens (primary N) is 1. The second-order valence-electron chi connectivity index (χ2n) is 4.09. The third-order valence-electron chi connectivity index (χ3n) is 2.76. The number of rotatable bonds is 3. The van der Waals surface area contributed by atoms with E-state index in [-0.39, 0.29) is 18.4 Å². The molecule has 98 valence electrons. The van der Waals surface area contributed by atoms with Gasteiger partial charge in [0.1, 0.15) is 6.54 Å². The van der Waals surface area contributed by atoms with Gasteiger partial charge in [-0.1, -0.05) is 5.21 Å². The summed E-state index contributed by atoms with van der Waals surface area (Å²) in [7, 11) is 0. The molecule has 0 bridgehead atoms. The lowest BCUT2D eigenvalue weighted by atomic mass is 10.3. The third kappa shape index (κ3) is 3.04. The van der Waals surface area contributed by atoms with E-state index in [1.165, 1.54) is 4.68 Å². The van der Waals surface area contributed by atoms with Gasteiger partial charge in [0, 0.05) is 32.6 Å². The summed E-state index contributed by atoms with van der Waals surface area (Å²) in [4.78, 5) is 24.8. The Morgan fingerprint density at radius 2 is 2.33 bits per heavy atom. The minimum absolute atomic E-state index is 0.0172. The molecule has 8 nitrogen and oxygen atoms in total. The SMILES string of the molecule is NCc1cn(CC(=O)N2CCNC(=O)CC2)nn1. The fourth-order valence-corrected chi connectivity index (χ4v) is 1.76. The lowest BCUT2D eigenvalue weighted by Crippen LogP contribution is -2.36. The highest BCUT2D eigenvalue weighted by Gasteiger charge is 2.18. The summed E-state index contributed by atoms with van der Waals surface area (Å²) in [5.41, 5.74) is 6.06. The van der Waals surface area contributed by atoms with E-state index in [4.69, 9.17) is 5.73 Å². The highest BCUT2D eigenvalue weighted by atomic mass is 16.2. The second kappa shape index (κ2) is 5.58. The van der Waals surface area contributed by atoms with E-state index in [0.29, 0.717) is 38.3 Å². The van der Waals surface area contributed by atoms with Gasteiger partial charge in [0.15, 0.2) is 0 Å². The molecule has 0 radical (unpaired) electrons. The molecule has 18 heavy (non-hydrogen) atoms. The molecule has 0 aliphatic carbocycles. The van der Waals surface area contributed by atoms with Crippen LogP contribution in [-0.2, 0) is 22.7 Å². The molecule has 8 heteroatoms. The molecule has 3 N–H and O–H groups in total. The lowest BCUT2D eigenvalue weighted by molar-refractivity contribution is -0.131. The van der Waals surface area contributed by atoms with Crippen molar-refractivity contribution in [1.82, 2.24) is 25.2 Å². The molecule has 1 aromatic heterocycles. The molecule has 0 aromatic carbocycles. The highest BCUT2D eigenvalue weighted by molar-refractivity contribution is 5.79. The Morgan fingerprint density at radius 1 is 1.50 bits per heavy atom. The Hall–Kier alpha value is -1.96. The maximum Gasteiger partial charge on any atom is 0.244 e. The van der Waals surface area contributed by atoms with Crippen LogP contribution in [0.4, 0.5) is 0 Å². The summed E-state index contributed by atoms with van der Waals surface area (Å²) in [6.45, 7) is 1.90. The van der Waals surface area contributed by atoms with E-state index in [9.17, 15) is 9.59 Å². The molecule has 2 heterocycles. The van der Waals surface area contributed by atoms with Crippen LogP contribution in [0.1, 0.15) is 12.1 Å². The zero-order valence-corrected chi connectivity index (χ0v) is 10.0. The van der Waals surface area contributed by atoms with Crippen LogP contribution in [0.2, 0.25) is 0 Å². The Labute approximate surface area is 104 Å². The minimum Gasteiger partial charge on any atom is -0.354 e. The van der Waals surface area contributed by atoms with Crippen LogP contribution in [0.25, 0.3) is 0 Å². The number of nitrogens with zero attached hydrogens (tertiary/aromatic N) is 4. The van der Waals surface area contributed by atoms with Gasteiger partial charge in [0.25, 0.3) is 0 Å². The topological polar surface area (TPSA) is 106 Å². The summed E-state index contributed by atoms with van der Waals surface area (Å²) >= 11 is 0. The fourth-order valence-electron chi connectivity index (χ4n) is 1.76. The molecule has 1 aliphatic rings. The molecule has 2 amide bonds. The number of amides is 2. The lowest BCUT2D eigenvalue weighted by Gasteiger charge is -2.19. The van der Waals surface area contributed by atoms with Crippen LogP contribution in [0.15, 0.2) is 6.20 Å². The zero-order chi connectivity index (χ0) is 13.0. The van der Waals surface area contributed by atoms with Gasteiger partial charge < -0.3 is 16.0 Å². The monoisotopic (exact) mass is 252 g/mol. The maximum atomic E-state index is 12.0. The number of aromatic nitrogens is 3. The molecular formula is C10H16N6O2. The Kier molecular flexibility index (Phi) is 3.88. The number of carbonyl (C=O) groups is 2. The van der Waals surface area contributed by atoms with Crippen molar-refractivity contribution in [3.8, 4) is 0 Å². The van der Waals surface area contributed by atoms with Crippen LogP contribution in [0, 0.1) is 0 Å². The van der Waals surface area contributed by atoms with E-state index < -0.39 is 0 Å². The summed E-state index contributed by atoms with van der Waals surface area (Å²) < 4.78 is 1.46. The molecular weight excluding hydrogens is 236 g/mol. The van der Waals surface area contributed by atoms with E-state index in [1.807, 2.05) is 0 Å². The third-order valence-corrected chi connectivity index (χ3v) is 2.76. The first kappa shape index (κ1) is 12.5. The molecule has 1 aliphatic heterocycles. The van der Waals surface area contributed by atoms with E-state index in [0.717, 1.165) is 0 Å². The van der Waals surface area contributed by atoms with Gasteiger partial charge in [-0.25, -0.2) is 4.68 Å². The number of carbonyl (C=O) groups excluding carboxylic acids is 2. The first-order valence-corrected chi connectivity index (χ1v) is 5.82. The molecule has 0 saturated carbocycles.